The van der Waals surface area contributed by atoms with Crippen LogP contribution < -0.4 is 5.32 Å². The number of furan rings is 1. The average Bonchev–Trinajstić information content (AvgIpc) is 2.99. The number of carbonyl (C=O) groups is 2. The summed E-state index contributed by atoms with van der Waals surface area (Å²) in [6.45, 7) is 2.11. The van der Waals surface area contributed by atoms with Crippen LogP contribution in [0, 0.1) is 5.92 Å². The van der Waals surface area contributed by atoms with Gasteiger partial charge >= 0.3 is 5.97 Å². The number of aliphatic carboxylic acids is 1. The molecule has 0 aromatic carbocycles. The quantitative estimate of drug-likeness (QED) is 0.818. The Morgan fingerprint density at radius 2 is 2.19 bits per heavy atom. The lowest BCUT2D eigenvalue weighted by Gasteiger charge is -2.36. The maximum Gasteiger partial charge on any atom is 0.329 e. The van der Waals surface area contributed by atoms with Crippen molar-refractivity contribution in [1.82, 2.24) is 5.32 Å². The van der Waals surface area contributed by atoms with Gasteiger partial charge in [0.1, 0.15) is 11.3 Å². The van der Waals surface area contributed by atoms with Crippen LogP contribution in [0.2, 0.25) is 0 Å². The van der Waals surface area contributed by atoms with E-state index in [1.807, 2.05) is 0 Å². The lowest BCUT2D eigenvalue weighted by Crippen LogP contribution is -2.56. The number of hydrogen-bond acceptors (Lipinski definition) is 3. The van der Waals surface area contributed by atoms with Crippen molar-refractivity contribution < 1.29 is 19.1 Å². The zero-order chi connectivity index (χ0) is 15.3. The van der Waals surface area contributed by atoms with Crippen molar-refractivity contribution in [3.8, 4) is 0 Å². The van der Waals surface area contributed by atoms with Crippen molar-refractivity contribution in [1.29, 1.82) is 0 Å². The number of hydrogen-bond donors (Lipinski definition) is 2. The summed E-state index contributed by atoms with van der Waals surface area (Å²) in [7, 11) is 0. The van der Waals surface area contributed by atoms with Gasteiger partial charge in [-0.3, -0.25) is 4.79 Å². The van der Waals surface area contributed by atoms with Gasteiger partial charge < -0.3 is 14.8 Å². The van der Waals surface area contributed by atoms with Gasteiger partial charge in [-0.1, -0.05) is 13.3 Å². The van der Waals surface area contributed by atoms with Gasteiger partial charge in [0.2, 0.25) is 5.91 Å². The molecule has 0 spiro atoms. The van der Waals surface area contributed by atoms with E-state index < -0.39 is 17.4 Å². The van der Waals surface area contributed by atoms with E-state index in [1.165, 1.54) is 18.4 Å². The molecule has 1 saturated carbocycles. The molecule has 1 aromatic heterocycles. The Balaban J connectivity index is 2.00. The topological polar surface area (TPSA) is 79.5 Å². The van der Waals surface area contributed by atoms with E-state index in [2.05, 4.69) is 12.2 Å². The summed E-state index contributed by atoms with van der Waals surface area (Å²) >= 11 is 0. The Hall–Kier alpha value is -2.04. The third kappa shape index (κ3) is 3.74. The largest absolute Gasteiger partial charge is 0.480 e. The first kappa shape index (κ1) is 15.4. The molecule has 1 aliphatic carbocycles. The summed E-state index contributed by atoms with van der Waals surface area (Å²) in [6, 6.07) is 3.45. The van der Waals surface area contributed by atoms with Crippen molar-refractivity contribution >= 4 is 18.0 Å². The summed E-state index contributed by atoms with van der Waals surface area (Å²) in [5, 5.41) is 12.2. The Labute approximate surface area is 124 Å². The number of carboxylic acid groups (broad SMARTS) is 1. The average molecular weight is 291 g/mol. The van der Waals surface area contributed by atoms with Gasteiger partial charge in [0, 0.05) is 6.08 Å². The number of carbonyl (C=O) groups excluding carboxylic acids is 1. The highest BCUT2D eigenvalue weighted by Crippen LogP contribution is 2.34. The van der Waals surface area contributed by atoms with Crippen LogP contribution in [-0.2, 0) is 9.59 Å². The molecule has 0 unspecified atom stereocenters. The molecule has 0 saturated heterocycles. The Kier molecular flexibility index (Phi) is 4.83. The van der Waals surface area contributed by atoms with Gasteiger partial charge in [-0.15, -0.1) is 0 Å². The second kappa shape index (κ2) is 6.61. The minimum Gasteiger partial charge on any atom is -0.480 e. The minimum atomic E-state index is -1.13. The van der Waals surface area contributed by atoms with Crippen LogP contribution in [0.15, 0.2) is 28.9 Å². The molecule has 1 aliphatic rings. The van der Waals surface area contributed by atoms with Gasteiger partial charge in [0.25, 0.3) is 0 Å². The molecule has 2 rings (SSSR count). The predicted octanol–water partition coefficient (Wildman–Crippen LogP) is 2.83. The molecule has 0 aliphatic heterocycles. The van der Waals surface area contributed by atoms with E-state index in [9.17, 15) is 14.7 Å². The molecule has 0 atom stereocenters. The predicted molar refractivity (Wildman–Crippen MR) is 78.5 cm³/mol. The van der Waals surface area contributed by atoms with E-state index in [0.717, 1.165) is 19.3 Å². The summed E-state index contributed by atoms with van der Waals surface area (Å²) in [4.78, 5) is 23.5. The van der Waals surface area contributed by atoms with Crippen LogP contribution in [0.3, 0.4) is 0 Å². The van der Waals surface area contributed by atoms with Gasteiger partial charge in [0.05, 0.1) is 6.26 Å². The molecule has 5 heteroatoms. The van der Waals surface area contributed by atoms with Crippen LogP contribution in [0.5, 0.6) is 0 Å². The Morgan fingerprint density at radius 3 is 2.71 bits per heavy atom. The maximum absolute atomic E-state index is 12.0. The standard InChI is InChI=1S/C16H21NO4/c1-2-12-7-9-16(10-8-12,15(19)20)17-14(18)6-5-13-4-3-11-21-13/h3-6,11-12H,2,7-10H2,1H3,(H,17,18)(H,19,20)/b6-5+. The summed E-state index contributed by atoms with van der Waals surface area (Å²) in [6.07, 6.45) is 8.07. The van der Waals surface area contributed by atoms with Crippen molar-refractivity contribution in [3.63, 3.8) is 0 Å². The fraction of sp³-hybridized carbons (Fsp3) is 0.500. The van der Waals surface area contributed by atoms with E-state index in [-0.39, 0.29) is 0 Å². The molecular formula is C16H21NO4. The molecule has 0 bridgehead atoms. The fourth-order valence-electron chi connectivity index (χ4n) is 2.79. The SMILES string of the molecule is CCC1CCC(NC(=O)/C=C/c2ccco2)(C(=O)O)CC1. The Morgan fingerprint density at radius 1 is 1.48 bits per heavy atom. The minimum absolute atomic E-state index is 0.399. The van der Waals surface area contributed by atoms with Crippen molar-refractivity contribution in [2.45, 2.75) is 44.6 Å². The number of amides is 1. The highest BCUT2D eigenvalue weighted by molar-refractivity contribution is 5.95. The smallest absolute Gasteiger partial charge is 0.329 e. The Bertz CT molecular complexity index is 510. The molecule has 1 aromatic rings. The van der Waals surface area contributed by atoms with Gasteiger partial charge in [-0.2, -0.15) is 0 Å². The van der Waals surface area contributed by atoms with Crippen LogP contribution in [-0.4, -0.2) is 22.5 Å². The maximum atomic E-state index is 12.0. The third-order valence-electron chi connectivity index (χ3n) is 4.25. The lowest BCUT2D eigenvalue weighted by molar-refractivity contribution is -0.149. The van der Waals surface area contributed by atoms with Crippen molar-refractivity contribution in [3.05, 3.63) is 30.2 Å². The molecule has 1 amide bonds. The summed E-state index contributed by atoms with van der Waals surface area (Å²) < 4.78 is 5.09. The second-order valence-electron chi connectivity index (χ2n) is 5.58. The van der Waals surface area contributed by atoms with E-state index in [1.54, 1.807) is 12.1 Å². The first-order chi connectivity index (χ1) is 10.1. The zero-order valence-electron chi connectivity index (χ0n) is 12.2. The lowest BCUT2D eigenvalue weighted by atomic mass is 9.75. The van der Waals surface area contributed by atoms with Gasteiger partial charge in [-0.05, 0) is 49.8 Å². The monoisotopic (exact) mass is 291 g/mol. The van der Waals surface area contributed by atoms with Crippen molar-refractivity contribution in [2.75, 3.05) is 0 Å². The van der Waals surface area contributed by atoms with Crippen molar-refractivity contribution in [2.24, 2.45) is 5.92 Å². The molecule has 1 fully saturated rings. The second-order valence-corrected chi connectivity index (χ2v) is 5.58. The third-order valence-corrected chi connectivity index (χ3v) is 4.25. The van der Waals surface area contributed by atoms with E-state index >= 15 is 0 Å². The first-order valence-electron chi connectivity index (χ1n) is 7.33. The number of nitrogens with one attached hydrogen (secondary N) is 1. The highest BCUT2D eigenvalue weighted by Gasteiger charge is 2.42. The van der Waals surface area contributed by atoms with Crippen LogP contribution in [0.4, 0.5) is 0 Å². The van der Waals surface area contributed by atoms with Gasteiger partial charge in [-0.25, -0.2) is 4.79 Å². The van der Waals surface area contributed by atoms with Gasteiger partial charge in [0.15, 0.2) is 0 Å². The van der Waals surface area contributed by atoms with E-state index in [0.29, 0.717) is 24.5 Å². The van der Waals surface area contributed by atoms with Crippen LogP contribution in [0.1, 0.15) is 44.8 Å². The molecule has 21 heavy (non-hydrogen) atoms. The van der Waals surface area contributed by atoms with Crippen LogP contribution >= 0.6 is 0 Å². The van der Waals surface area contributed by atoms with Crippen LogP contribution in [0.25, 0.3) is 6.08 Å². The first-order valence-corrected chi connectivity index (χ1v) is 7.33. The molecule has 5 nitrogen and oxygen atoms in total. The zero-order valence-corrected chi connectivity index (χ0v) is 12.2. The van der Waals surface area contributed by atoms with E-state index in [4.69, 9.17) is 4.42 Å². The normalized spacial score (nSPS) is 25.9. The molecule has 2 N–H and O–H groups in total. The molecule has 114 valence electrons. The number of rotatable bonds is 5. The molecule has 1 heterocycles. The summed E-state index contributed by atoms with van der Waals surface area (Å²) in [5.74, 6) is -0.224. The molecule has 0 radical (unpaired) electrons. The molecular weight excluding hydrogens is 270 g/mol. The highest BCUT2D eigenvalue weighted by atomic mass is 16.4. The number of carboxylic acids is 1. The summed E-state index contributed by atoms with van der Waals surface area (Å²) in [5.41, 5.74) is -1.13. The fourth-order valence-corrected chi connectivity index (χ4v) is 2.79.